The van der Waals surface area contributed by atoms with Gasteiger partial charge in [0.05, 0.1) is 34.4 Å². The number of aliphatic hydroxyl groups is 1. The lowest BCUT2D eigenvalue weighted by atomic mass is 10.0. The van der Waals surface area contributed by atoms with Crippen LogP contribution < -0.4 is 25.6 Å². The second-order valence-electron chi connectivity index (χ2n) is 11.7. The maximum absolute atomic E-state index is 9.73. The van der Waals surface area contributed by atoms with Gasteiger partial charge in [-0.2, -0.15) is 5.10 Å². The molecule has 1 saturated heterocycles. The van der Waals surface area contributed by atoms with Crippen LogP contribution in [-0.4, -0.2) is 90.0 Å². The Kier molecular flexibility index (Phi) is 7.88. The van der Waals surface area contributed by atoms with Crippen LogP contribution in [0.2, 0.25) is 0 Å². The van der Waals surface area contributed by atoms with Gasteiger partial charge in [0.2, 0.25) is 5.88 Å². The van der Waals surface area contributed by atoms with Gasteiger partial charge in [0.25, 0.3) is 0 Å². The molecule has 13 nitrogen and oxygen atoms in total. The number of benzene rings is 2. The number of nitrogens with zero attached hydrogens (tertiary/aromatic N) is 8. The number of nitrogens with one attached hydrogen (secondary N) is 3. The highest BCUT2D eigenvalue weighted by molar-refractivity contribution is 7.80. The molecule has 0 radical (unpaired) electrons. The van der Waals surface area contributed by atoms with Crippen molar-refractivity contribution in [1.29, 1.82) is 0 Å². The van der Waals surface area contributed by atoms with E-state index in [0.717, 1.165) is 46.6 Å². The summed E-state index contributed by atoms with van der Waals surface area (Å²) in [5, 5.41) is 25.2. The quantitative estimate of drug-likeness (QED) is 0.180. The first-order valence-corrected chi connectivity index (χ1v) is 14.6. The zero-order chi connectivity index (χ0) is 31.0. The van der Waals surface area contributed by atoms with Gasteiger partial charge in [-0.3, -0.25) is 0 Å². The van der Waals surface area contributed by atoms with Crippen LogP contribution in [0.1, 0.15) is 19.4 Å². The van der Waals surface area contributed by atoms with Gasteiger partial charge in [0.15, 0.2) is 10.8 Å². The summed E-state index contributed by atoms with van der Waals surface area (Å²) >= 11 is 5.64. The molecule has 1 aliphatic rings. The summed E-state index contributed by atoms with van der Waals surface area (Å²) in [4.78, 5) is 22.3. The highest BCUT2D eigenvalue weighted by atomic mass is 32.1. The molecule has 0 bridgehead atoms. The second-order valence-corrected chi connectivity index (χ2v) is 12.1. The van der Waals surface area contributed by atoms with Crippen molar-refractivity contribution in [2.75, 3.05) is 49.3 Å². The molecule has 0 unspecified atom stereocenters. The first-order chi connectivity index (χ1) is 21.1. The maximum atomic E-state index is 9.73. The molecule has 44 heavy (non-hydrogen) atoms. The standard InChI is InChI=1S/C30H35N11O2S/c1-18-10-19(6-9-23(18)43-25-11-24-32-16-35-41(24)17-34-25)36-28-26-21(31-15-33-28)7-8-22(37-29(44)38-30(2,3)14-42)27(26)40-12-20(13-40)39(4)5/h6-11,15-17,20,42H,12-14H2,1-5H3,(H,31,33,36)(H2,37,38,44). The van der Waals surface area contributed by atoms with Gasteiger partial charge in [-0.25, -0.2) is 24.5 Å². The average Bonchev–Trinajstić information content (AvgIpc) is 3.42. The van der Waals surface area contributed by atoms with E-state index in [4.69, 9.17) is 17.0 Å². The third kappa shape index (κ3) is 6.04. The normalized spacial score (nSPS) is 13.8. The third-order valence-electron chi connectivity index (χ3n) is 7.58. The number of aromatic nitrogens is 6. The van der Waals surface area contributed by atoms with Crippen LogP contribution in [0.5, 0.6) is 11.6 Å². The number of likely N-dealkylation sites (N-methyl/N-ethyl adjacent to an activating group) is 1. The van der Waals surface area contributed by atoms with Crippen LogP contribution in [-0.2, 0) is 0 Å². The SMILES string of the molecule is Cc1cc(Nc2ncnc3ccc(NC(=S)NC(C)(C)CO)c(N4CC(N(C)C)C4)c23)ccc1Oc1cc2ncnn2cn1. The monoisotopic (exact) mass is 613 g/mol. The van der Waals surface area contributed by atoms with Gasteiger partial charge >= 0.3 is 0 Å². The van der Waals surface area contributed by atoms with Crippen molar-refractivity contribution in [3.05, 3.63) is 60.9 Å². The minimum absolute atomic E-state index is 0.0607. The van der Waals surface area contributed by atoms with E-state index < -0.39 is 5.54 Å². The van der Waals surface area contributed by atoms with Crippen molar-refractivity contribution >= 4 is 56.8 Å². The van der Waals surface area contributed by atoms with E-state index in [1.54, 1.807) is 23.2 Å². The summed E-state index contributed by atoms with van der Waals surface area (Å²) in [6.07, 6.45) is 4.60. The van der Waals surface area contributed by atoms with E-state index in [-0.39, 0.29) is 6.61 Å². The Morgan fingerprint density at radius 3 is 2.66 bits per heavy atom. The molecule has 1 fully saturated rings. The first kappa shape index (κ1) is 29.4. The molecule has 4 N–H and O–H groups in total. The zero-order valence-corrected chi connectivity index (χ0v) is 26.1. The van der Waals surface area contributed by atoms with Crippen LogP contribution >= 0.6 is 12.2 Å². The molecule has 0 amide bonds. The summed E-state index contributed by atoms with van der Waals surface area (Å²) in [5.74, 6) is 1.78. The number of ether oxygens (including phenoxy) is 1. The van der Waals surface area contributed by atoms with Crippen molar-refractivity contribution in [2.24, 2.45) is 0 Å². The molecular formula is C30H35N11O2S. The lowest BCUT2D eigenvalue weighted by Crippen LogP contribution is -2.57. The van der Waals surface area contributed by atoms with Gasteiger partial charge in [0, 0.05) is 30.9 Å². The molecule has 6 rings (SSSR count). The largest absolute Gasteiger partial charge is 0.439 e. The Hall–Kier alpha value is -4.66. The molecule has 0 aliphatic carbocycles. The fraction of sp³-hybridized carbons (Fsp3) is 0.333. The molecule has 3 aromatic heterocycles. The van der Waals surface area contributed by atoms with Gasteiger partial charge in [0.1, 0.15) is 30.5 Å². The summed E-state index contributed by atoms with van der Waals surface area (Å²) in [6, 6.07) is 11.9. The number of rotatable bonds is 9. The summed E-state index contributed by atoms with van der Waals surface area (Å²) < 4.78 is 7.64. The van der Waals surface area contributed by atoms with Crippen molar-refractivity contribution < 1.29 is 9.84 Å². The van der Waals surface area contributed by atoms with Crippen LogP contribution in [0.15, 0.2) is 55.4 Å². The number of thiocarbonyl (C=S) groups is 1. The van der Waals surface area contributed by atoms with E-state index in [0.29, 0.717) is 34.2 Å². The molecule has 0 atom stereocenters. The highest BCUT2D eigenvalue weighted by Crippen LogP contribution is 2.41. The van der Waals surface area contributed by atoms with E-state index in [1.165, 1.54) is 6.33 Å². The fourth-order valence-electron chi connectivity index (χ4n) is 4.98. The average molecular weight is 614 g/mol. The Morgan fingerprint density at radius 1 is 1.09 bits per heavy atom. The number of anilines is 4. The van der Waals surface area contributed by atoms with Crippen molar-refractivity contribution in [1.82, 2.24) is 39.8 Å². The second kappa shape index (κ2) is 11.8. The lowest BCUT2D eigenvalue weighted by Gasteiger charge is -2.45. The number of aryl methyl sites for hydroxylation is 1. The third-order valence-corrected chi connectivity index (χ3v) is 7.78. The van der Waals surface area contributed by atoms with Crippen LogP contribution in [0.4, 0.5) is 22.9 Å². The Morgan fingerprint density at radius 2 is 1.91 bits per heavy atom. The summed E-state index contributed by atoms with van der Waals surface area (Å²) in [6.45, 7) is 7.38. The van der Waals surface area contributed by atoms with Crippen molar-refractivity contribution in [3.63, 3.8) is 0 Å². The molecule has 2 aromatic carbocycles. The summed E-state index contributed by atoms with van der Waals surface area (Å²) in [5.41, 5.74) is 4.43. The predicted molar refractivity (Wildman–Crippen MR) is 175 cm³/mol. The molecule has 1 aliphatic heterocycles. The Bertz CT molecular complexity index is 1840. The van der Waals surface area contributed by atoms with Crippen LogP contribution in [0, 0.1) is 6.92 Å². The minimum Gasteiger partial charge on any atom is -0.439 e. The van der Waals surface area contributed by atoms with E-state index >= 15 is 0 Å². The van der Waals surface area contributed by atoms with Gasteiger partial charge in [-0.05, 0) is 83.0 Å². The number of hydrogen-bond acceptors (Lipinski definition) is 11. The number of fused-ring (bicyclic) bond motifs is 2. The molecule has 0 saturated carbocycles. The zero-order valence-electron chi connectivity index (χ0n) is 25.2. The molecular weight excluding hydrogens is 578 g/mol. The van der Waals surface area contributed by atoms with Gasteiger partial charge in [-0.1, -0.05) is 0 Å². The minimum atomic E-state index is -0.573. The first-order valence-electron chi connectivity index (χ1n) is 14.2. The van der Waals surface area contributed by atoms with Gasteiger partial charge < -0.3 is 35.6 Å². The molecule has 0 spiro atoms. The van der Waals surface area contributed by atoms with E-state index in [2.05, 4.69) is 64.9 Å². The molecule has 14 heteroatoms. The molecule has 5 aromatic rings. The Labute approximate surface area is 260 Å². The van der Waals surface area contributed by atoms with E-state index in [9.17, 15) is 5.11 Å². The predicted octanol–water partition coefficient (Wildman–Crippen LogP) is 3.72. The molecule has 4 heterocycles. The Balaban J connectivity index is 1.32. The van der Waals surface area contributed by atoms with Crippen LogP contribution in [0.25, 0.3) is 16.6 Å². The van der Waals surface area contributed by atoms with E-state index in [1.807, 2.05) is 51.1 Å². The fourth-order valence-corrected chi connectivity index (χ4v) is 5.37. The van der Waals surface area contributed by atoms with Crippen LogP contribution in [0.3, 0.4) is 0 Å². The summed E-state index contributed by atoms with van der Waals surface area (Å²) in [7, 11) is 4.18. The smallest absolute Gasteiger partial charge is 0.224 e. The lowest BCUT2D eigenvalue weighted by molar-refractivity contribution is 0.207. The van der Waals surface area contributed by atoms with Crippen molar-refractivity contribution in [3.8, 4) is 11.6 Å². The highest BCUT2D eigenvalue weighted by Gasteiger charge is 2.32. The molecule has 228 valence electrons. The number of aliphatic hydroxyl groups excluding tert-OH is 1. The topological polar surface area (TPSA) is 141 Å². The van der Waals surface area contributed by atoms with Gasteiger partial charge in [-0.15, -0.1) is 0 Å². The van der Waals surface area contributed by atoms with Crippen molar-refractivity contribution in [2.45, 2.75) is 32.4 Å². The maximum Gasteiger partial charge on any atom is 0.224 e. The number of hydrogen-bond donors (Lipinski definition) is 4.